The SMILES string of the molecule is CCCCCCCN(NCCC=O)c1ccccc1. The fourth-order valence-electron chi connectivity index (χ4n) is 2.04. The minimum Gasteiger partial charge on any atom is -0.308 e. The zero-order chi connectivity index (χ0) is 13.8. The van der Waals surface area contributed by atoms with Gasteiger partial charge in [-0.25, -0.2) is 5.43 Å². The van der Waals surface area contributed by atoms with E-state index < -0.39 is 0 Å². The second kappa shape index (κ2) is 10.6. The molecule has 1 rings (SSSR count). The van der Waals surface area contributed by atoms with Gasteiger partial charge in [0.25, 0.3) is 0 Å². The number of carbonyl (C=O) groups is 1. The molecule has 0 saturated carbocycles. The van der Waals surface area contributed by atoms with Gasteiger partial charge in [0.2, 0.25) is 0 Å². The average molecular weight is 262 g/mol. The van der Waals surface area contributed by atoms with E-state index in [-0.39, 0.29) is 0 Å². The second-order valence-electron chi connectivity index (χ2n) is 4.76. The molecule has 0 aromatic heterocycles. The summed E-state index contributed by atoms with van der Waals surface area (Å²) in [6, 6.07) is 10.3. The maximum absolute atomic E-state index is 10.4. The fourth-order valence-corrected chi connectivity index (χ4v) is 2.04. The Morgan fingerprint density at radius 2 is 1.84 bits per heavy atom. The van der Waals surface area contributed by atoms with Crippen LogP contribution in [0.2, 0.25) is 0 Å². The summed E-state index contributed by atoms with van der Waals surface area (Å²) in [6.07, 6.45) is 7.88. The summed E-state index contributed by atoms with van der Waals surface area (Å²) in [5, 5.41) is 2.16. The highest BCUT2D eigenvalue weighted by Crippen LogP contribution is 2.12. The van der Waals surface area contributed by atoms with E-state index in [1.54, 1.807) is 0 Å². The third-order valence-electron chi connectivity index (χ3n) is 3.12. The van der Waals surface area contributed by atoms with Crippen molar-refractivity contribution < 1.29 is 4.79 Å². The minimum absolute atomic E-state index is 0.555. The fraction of sp³-hybridized carbons (Fsp3) is 0.562. The van der Waals surface area contributed by atoms with Crippen LogP contribution in [-0.2, 0) is 4.79 Å². The summed E-state index contributed by atoms with van der Waals surface area (Å²) in [7, 11) is 0. The molecule has 0 saturated heterocycles. The number of para-hydroxylation sites is 1. The highest BCUT2D eigenvalue weighted by atomic mass is 16.1. The molecule has 106 valence electrons. The minimum atomic E-state index is 0.555. The quantitative estimate of drug-likeness (QED) is 0.376. The molecule has 3 nitrogen and oxygen atoms in total. The number of carbonyl (C=O) groups excluding carboxylic acids is 1. The predicted octanol–water partition coefficient (Wildman–Crippen LogP) is 3.56. The van der Waals surface area contributed by atoms with E-state index in [2.05, 4.69) is 29.5 Å². The Morgan fingerprint density at radius 3 is 2.53 bits per heavy atom. The topological polar surface area (TPSA) is 32.3 Å². The summed E-state index contributed by atoms with van der Waals surface area (Å²) < 4.78 is 0. The molecule has 0 heterocycles. The standard InChI is InChI=1S/C16H26N2O/c1-2-3-4-5-9-14-18(17-13-10-15-19)16-11-7-6-8-12-16/h6-8,11-12,15,17H,2-5,9-10,13-14H2,1H3. The number of hydrogen-bond donors (Lipinski definition) is 1. The van der Waals surface area contributed by atoms with Crippen molar-refractivity contribution in [1.29, 1.82) is 0 Å². The Labute approximate surface area is 117 Å². The lowest BCUT2D eigenvalue weighted by atomic mass is 10.1. The van der Waals surface area contributed by atoms with Gasteiger partial charge in [0, 0.05) is 19.5 Å². The van der Waals surface area contributed by atoms with Gasteiger partial charge >= 0.3 is 0 Å². The maximum atomic E-state index is 10.4. The van der Waals surface area contributed by atoms with Crippen molar-refractivity contribution in [2.24, 2.45) is 0 Å². The molecule has 0 bridgehead atoms. The number of rotatable bonds is 11. The van der Waals surface area contributed by atoms with Crippen molar-refractivity contribution >= 4 is 12.0 Å². The maximum Gasteiger partial charge on any atom is 0.121 e. The van der Waals surface area contributed by atoms with Crippen molar-refractivity contribution in [3.63, 3.8) is 0 Å². The molecule has 3 heteroatoms. The third-order valence-corrected chi connectivity index (χ3v) is 3.12. The van der Waals surface area contributed by atoms with Crippen LogP contribution in [0.5, 0.6) is 0 Å². The zero-order valence-corrected chi connectivity index (χ0v) is 12.0. The third kappa shape index (κ3) is 6.97. The van der Waals surface area contributed by atoms with E-state index >= 15 is 0 Å². The molecule has 0 unspecified atom stereocenters. The first kappa shape index (κ1) is 15.7. The lowest BCUT2D eigenvalue weighted by molar-refractivity contribution is -0.107. The van der Waals surface area contributed by atoms with Gasteiger partial charge in [-0.05, 0) is 18.6 Å². The van der Waals surface area contributed by atoms with Crippen molar-refractivity contribution in [3.8, 4) is 0 Å². The van der Waals surface area contributed by atoms with Crippen LogP contribution in [0.1, 0.15) is 45.4 Å². The molecule has 19 heavy (non-hydrogen) atoms. The van der Waals surface area contributed by atoms with E-state index in [0.717, 1.165) is 12.8 Å². The van der Waals surface area contributed by atoms with Crippen LogP contribution < -0.4 is 10.4 Å². The second-order valence-corrected chi connectivity index (χ2v) is 4.76. The summed E-state index contributed by atoms with van der Waals surface area (Å²) >= 11 is 0. The number of unbranched alkanes of at least 4 members (excludes halogenated alkanes) is 4. The highest BCUT2D eigenvalue weighted by Gasteiger charge is 2.04. The molecule has 1 N–H and O–H groups in total. The number of hydrazine groups is 1. The number of benzene rings is 1. The molecule has 0 amide bonds. The number of nitrogens with one attached hydrogen (secondary N) is 1. The number of nitrogens with zero attached hydrogens (tertiary/aromatic N) is 1. The monoisotopic (exact) mass is 262 g/mol. The normalized spacial score (nSPS) is 10.4. The smallest absolute Gasteiger partial charge is 0.121 e. The van der Waals surface area contributed by atoms with Crippen LogP contribution in [0.4, 0.5) is 5.69 Å². The lowest BCUT2D eigenvalue weighted by Gasteiger charge is -2.25. The number of hydrogen-bond acceptors (Lipinski definition) is 3. The van der Waals surface area contributed by atoms with Crippen molar-refractivity contribution in [2.75, 3.05) is 18.1 Å². The molecule has 1 aromatic carbocycles. The van der Waals surface area contributed by atoms with E-state index in [0.29, 0.717) is 13.0 Å². The van der Waals surface area contributed by atoms with Gasteiger partial charge < -0.3 is 9.80 Å². The summed E-state index contributed by atoms with van der Waals surface area (Å²) in [5.41, 5.74) is 4.50. The van der Waals surface area contributed by atoms with Gasteiger partial charge in [0.15, 0.2) is 0 Å². The largest absolute Gasteiger partial charge is 0.308 e. The average Bonchev–Trinajstić information content (AvgIpc) is 2.46. The number of anilines is 1. The van der Waals surface area contributed by atoms with Gasteiger partial charge in [0.05, 0.1) is 5.69 Å². The summed E-state index contributed by atoms with van der Waals surface area (Å²) in [5.74, 6) is 0. The Morgan fingerprint density at radius 1 is 1.11 bits per heavy atom. The lowest BCUT2D eigenvalue weighted by Crippen LogP contribution is -2.39. The van der Waals surface area contributed by atoms with Gasteiger partial charge in [-0.2, -0.15) is 0 Å². The van der Waals surface area contributed by atoms with Crippen LogP contribution in [-0.4, -0.2) is 19.4 Å². The van der Waals surface area contributed by atoms with E-state index in [1.165, 1.54) is 37.8 Å². The van der Waals surface area contributed by atoms with Crippen LogP contribution in [0, 0.1) is 0 Å². The van der Waals surface area contributed by atoms with Crippen LogP contribution in [0.25, 0.3) is 0 Å². The van der Waals surface area contributed by atoms with E-state index in [1.807, 2.05) is 18.2 Å². The van der Waals surface area contributed by atoms with Gasteiger partial charge in [0.1, 0.15) is 6.29 Å². The summed E-state index contributed by atoms with van der Waals surface area (Å²) in [6.45, 7) is 3.93. The molecule has 0 fully saturated rings. The predicted molar refractivity (Wildman–Crippen MR) is 81.2 cm³/mol. The Hall–Kier alpha value is -1.35. The molecule has 0 aliphatic carbocycles. The first-order valence-corrected chi connectivity index (χ1v) is 7.38. The Balaban J connectivity index is 2.38. The zero-order valence-electron chi connectivity index (χ0n) is 12.0. The van der Waals surface area contributed by atoms with Crippen LogP contribution >= 0.6 is 0 Å². The first-order valence-electron chi connectivity index (χ1n) is 7.38. The Kier molecular flexibility index (Phi) is 8.73. The molecule has 0 atom stereocenters. The molecule has 0 spiro atoms. The van der Waals surface area contributed by atoms with Crippen molar-refractivity contribution in [3.05, 3.63) is 30.3 Å². The van der Waals surface area contributed by atoms with E-state index in [9.17, 15) is 4.79 Å². The van der Waals surface area contributed by atoms with Gasteiger partial charge in [-0.1, -0.05) is 50.8 Å². The Bertz CT molecular complexity index is 327. The molecule has 0 aliphatic rings. The molecule has 1 aromatic rings. The summed E-state index contributed by atoms with van der Waals surface area (Å²) in [4.78, 5) is 10.4. The van der Waals surface area contributed by atoms with Crippen LogP contribution in [0.3, 0.4) is 0 Å². The van der Waals surface area contributed by atoms with Gasteiger partial charge in [-0.3, -0.25) is 0 Å². The van der Waals surface area contributed by atoms with Crippen molar-refractivity contribution in [2.45, 2.75) is 45.4 Å². The molecule has 0 aliphatic heterocycles. The molecular weight excluding hydrogens is 236 g/mol. The van der Waals surface area contributed by atoms with Crippen molar-refractivity contribution in [1.82, 2.24) is 5.43 Å². The molecule has 0 radical (unpaired) electrons. The highest BCUT2D eigenvalue weighted by molar-refractivity contribution is 5.50. The van der Waals surface area contributed by atoms with Crippen LogP contribution in [0.15, 0.2) is 30.3 Å². The molecular formula is C16H26N2O. The first-order chi connectivity index (χ1) is 9.38. The van der Waals surface area contributed by atoms with E-state index in [4.69, 9.17) is 0 Å². The van der Waals surface area contributed by atoms with Gasteiger partial charge in [-0.15, -0.1) is 0 Å². The number of aldehydes is 1.